The van der Waals surface area contributed by atoms with E-state index in [9.17, 15) is 4.79 Å². The molecule has 0 saturated heterocycles. The van der Waals surface area contributed by atoms with Crippen LogP contribution in [0.2, 0.25) is 0 Å². The van der Waals surface area contributed by atoms with E-state index >= 15 is 0 Å². The molecular formula is C13H18N3O+. The topological polar surface area (TPSA) is 58.2 Å². The van der Waals surface area contributed by atoms with Gasteiger partial charge >= 0.3 is 0 Å². The van der Waals surface area contributed by atoms with Gasteiger partial charge in [0, 0.05) is 0 Å². The molecule has 4 heteroatoms. The summed E-state index contributed by atoms with van der Waals surface area (Å²) >= 11 is 0. The Morgan fingerprint density at radius 2 is 2.06 bits per heavy atom. The van der Waals surface area contributed by atoms with Gasteiger partial charge in [-0.05, 0) is 33.8 Å². The first kappa shape index (κ1) is 13.2. The van der Waals surface area contributed by atoms with E-state index in [1.807, 2.05) is 20.8 Å². The van der Waals surface area contributed by atoms with Crippen molar-refractivity contribution in [1.29, 1.82) is 5.26 Å². The molecule has 0 spiro atoms. The molecule has 0 bridgehead atoms. The van der Waals surface area contributed by atoms with Crippen LogP contribution in [0.15, 0.2) is 6.07 Å². The molecule has 1 heterocycles. The van der Waals surface area contributed by atoms with Crippen LogP contribution in [0.25, 0.3) is 0 Å². The lowest BCUT2D eigenvalue weighted by atomic mass is 10.1. The highest BCUT2D eigenvalue weighted by Gasteiger charge is 2.21. The van der Waals surface area contributed by atoms with Gasteiger partial charge in [0.25, 0.3) is 5.82 Å². The molecule has 1 rings (SSSR count). The van der Waals surface area contributed by atoms with Crippen LogP contribution in [0.4, 0.5) is 5.82 Å². The third kappa shape index (κ3) is 2.62. The van der Waals surface area contributed by atoms with Crippen molar-refractivity contribution in [2.24, 2.45) is 0 Å². The maximum Gasteiger partial charge on any atom is 0.292 e. The van der Waals surface area contributed by atoms with Gasteiger partial charge < -0.3 is 0 Å². The summed E-state index contributed by atoms with van der Waals surface area (Å²) in [5.41, 5.74) is 1.90. The molecule has 0 unspecified atom stereocenters. The van der Waals surface area contributed by atoms with Crippen molar-refractivity contribution < 1.29 is 9.78 Å². The van der Waals surface area contributed by atoms with Crippen LogP contribution in [0.5, 0.6) is 0 Å². The van der Waals surface area contributed by atoms with E-state index in [0.29, 0.717) is 11.1 Å². The van der Waals surface area contributed by atoms with E-state index < -0.39 is 0 Å². The predicted octanol–water partition coefficient (Wildman–Crippen LogP) is 1.73. The van der Waals surface area contributed by atoms with E-state index in [2.05, 4.69) is 16.0 Å². The first-order chi connectivity index (χ1) is 8.04. The quantitative estimate of drug-likeness (QED) is 0.743. The predicted molar refractivity (Wildman–Crippen MR) is 66.0 cm³/mol. The van der Waals surface area contributed by atoms with Gasteiger partial charge in [0.05, 0.1) is 18.7 Å². The summed E-state index contributed by atoms with van der Waals surface area (Å²) in [7, 11) is 0. The van der Waals surface area contributed by atoms with Gasteiger partial charge in [-0.1, -0.05) is 0 Å². The molecule has 0 aliphatic carbocycles. The van der Waals surface area contributed by atoms with Crippen molar-refractivity contribution in [1.82, 2.24) is 0 Å². The highest BCUT2D eigenvalue weighted by atomic mass is 16.1. The minimum Gasteiger partial charge on any atom is -0.294 e. The molecule has 0 amide bonds. The molecule has 0 fully saturated rings. The van der Waals surface area contributed by atoms with E-state index in [0.717, 1.165) is 24.6 Å². The molecule has 0 saturated carbocycles. The van der Waals surface area contributed by atoms with Gasteiger partial charge in [-0.25, -0.2) is 4.98 Å². The highest BCUT2D eigenvalue weighted by molar-refractivity contribution is 5.95. The zero-order valence-corrected chi connectivity index (χ0v) is 10.8. The van der Waals surface area contributed by atoms with Crippen LogP contribution < -0.4 is 9.88 Å². The molecule has 1 aromatic rings. The van der Waals surface area contributed by atoms with Gasteiger partial charge in [0.1, 0.15) is 17.3 Å². The smallest absolute Gasteiger partial charge is 0.292 e. The summed E-state index contributed by atoms with van der Waals surface area (Å²) in [4.78, 5) is 16.6. The van der Waals surface area contributed by atoms with E-state index in [4.69, 9.17) is 5.26 Å². The molecule has 0 radical (unpaired) electrons. The Labute approximate surface area is 102 Å². The molecule has 1 aromatic heterocycles. The van der Waals surface area contributed by atoms with Gasteiger partial charge in [0.2, 0.25) is 0 Å². The Hall–Kier alpha value is -1.89. The fourth-order valence-electron chi connectivity index (χ4n) is 1.87. The maximum absolute atomic E-state index is 11.4. The second-order valence-electron chi connectivity index (χ2n) is 3.91. The fourth-order valence-corrected chi connectivity index (χ4v) is 1.87. The molecule has 0 aromatic carbocycles. The fraction of sp³-hybridized carbons (Fsp3) is 0.462. The third-order valence-electron chi connectivity index (χ3n) is 2.83. The summed E-state index contributed by atoms with van der Waals surface area (Å²) in [6.45, 7) is 9.07. The second kappa shape index (κ2) is 5.44. The Kier molecular flexibility index (Phi) is 4.22. The zero-order chi connectivity index (χ0) is 13.0. The van der Waals surface area contributed by atoms with Gasteiger partial charge in [-0.2, -0.15) is 5.26 Å². The van der Waals surface area contributed by atoms with Gasteiger partial charge in [-0.15, -0.1) is 0 Å². The zero-order valence-electron chi connectivity index (χ0n) is 10.8. The number of aromatic amines is 1. The number of carbonyl (C=O) groups is 1. The Bertz CT molecular complexity index is 470. The van der Waals surface area contributed by atoms with Crippen molar-refractivity contribution in [2.45, 2.75) is 27.7 Å². The Morgan fingerprint density at radius 1 is 1.47 bits per heavy atom. The van der Waals surface area contributed by atoms with Crippen molar-refractivity contribution in [3.8, 4) is 6.07 Å². The number of hydrogen-bond acceptors (Lipinski definition) is 3. The standard InChI is InChI=1S/C13H17N3O/c1-5-16(6-2)13-11(8-14)7-12(10(4)17)9(3)15-13/h7H,5-6H2,1-4H3/p+1. The molecule has 4 nitrogen and oxygen atoms in total. The van der Waals surface area contributed by atoms with E-state index in [-0.39, 0.29) is 5.78 Å². The average molecular weight is 232 g/mol. The highest BCUT2D eigenvalue weighted by Crippen LogP contribution is 2.17. The average Bonchev–Trinajstić information content (AvgIpc) is 2.30. The number of anilines is 1. The monoisotopic (exact) mass is 232 g/mol. The van der Waals surface area contributed by atoms with Gasteiger partial charge in [0.15, 0.2) is 5.78 Å². The molecule has 17 heavy (non-hydrogen) atoms. The first-order valence-corrected chi connectivity index (χ1v) is 5.78. The minimum atomic E-state index is -0.0265. The molecule has 90 valence electrons. The van der Waals surface area contributed by atoms with Crippen LogP contribution in [-0.4, -0.2) is 18.9 Å². The van der Waals surface area contributed by atoms with Crippen LogP contribution in [0.3, 0.4) is 0 Å². The number of Topliss-reactive ketones (excluding diaryl/α,β-unsaturated/α-hetero) is 1. The summed E-state index contributed by atoms with van der Waals surface area (Å²) in [6, 6.07) is 3.81. The summed E-state index contributed by atoms with van der Waals surface area (Å²) in [6.07, 6.45) is 0. The molecule has 1 N–H and O–H groups in total. The largest absolute Gasteiger partial charge is 0.294 e. The van der Waals surface area contributed by atoms with E-state index in [1.165, 1.54) is 6.92 Å². The van der Waals surface area contributed by atoms with Crippen LogP contribution >= 0.6 is 0 Å². The van der Waals surface area contributed by atoms with Crippen molar-refractivity contribution in [3.63, 3.8) is 0 Å². The second-order valence-corrected chi connectivity index (χ2v) is 3.91. The van der Waals surface area contributed by atoms with Crippen molar-refractivity contribution in [3.05, 3.63) is 22.9 Å². The third-order valence-corrected chi connectivity index (χ3v) is 2.83. The number of H-pyrrole nitrogens is 1. The summed E-state index contributed by atoms with van der Waals surface area (Å²) in [5.74, 6) is 0.765. The number of carbonyl (C=O) groups excluding carboxylic acids is 1. The normalized spacial score (nSPS) is 9.82. The number of hydrogen-bond donors (Lipinski definition) is 0. The Morgan fingerprint density at radius 3 is 2.47 bits per heavy atom. The minimum absolute atomic E-state index is 0.0265. The number of nitriles is 1. The van der Waals surface area contributed by atoms with E-state index in [1.54, 1.807) is 6.07 Å². The molecule has 0 aliphatic heterocycles. The number of ketones is 1. The first-order valence-electron chi connectivity index (χ1n) is 5.78. The number of nitrogens with one attached hydrogen (secondary N) is 1. The summed E-state index contributed by atoms with van der Waals surface area (Å²) < 4.78 is 0. The maximum atomic E-state index is 11.4. The SMILES string of the molecule is CCN(CC)c1[nH+]c(C)c(C(C)=O)cc1C#N. The lowest BCUT2D eigenvalue weighted by Gasteiger charge is -2.14. The van der Waals surface area contributed by atoms with Crippen LogP contribution in [0.1, 0.15) is 42.4 Å². The molecule has 0 aliphatic rings. The number of pyridine rings is 1. The molecular weight excluding hydrogens is 214 g/mol. The summed E-state index contributed by atoms with van der Waals surface area (Å²) in [5, 5.41) is 9.15. The van der Waals surface area contributed by atoms with Gasteiger partial charge in [-0.3, -0.25) is 9.69 Å². The van der Waals surface area contributed by atoms with Crippen molar-refractivity contribution >= 4 is 11.6 Å². The number of aryl methyl sites for hydroxylation is 1. The number of rotatable bonds is 4. The number of aromatic nitrogens is 1. The lowest BCUT2D eigenvalue weighted by Crippen LogP contribution is -2.31. The van der Waals surface area contributed by atoms with Crippen LogP contribution in [0, 0.1) is 18.3 Å². The number of nitrogens with zero attached hydrogens (tertiary/aromatic N) is 2. The Balaban J connectivity index is 3.39. The van der Waals surface area contributed by atoms with Crippen molar-refractivity contribution in [2.75, 3.05) is 18.0 Å². The van der Waals surface area contributed by atoms with Crippen LogP contribution in [-0.2, 0) is 0 Å². The molecule has 0 atom stereocenters. The lowest BCUT2D eigenvalue weighted by molar-refractivity contribution is -0.374.